The second-order valence-corrected chi connectivity index (χ2v) is 3.97. The van der Waals surface area contributed by atoms with Crippen LogP contribution in [0.15, 0.2) is 0 Å². The Morgan fingerprint density at radius 2 is 1.94 bits per heavy atom. The van der Waals surface area contributed by atoms with Crippen LogP contribution in [-0.2, 0) is 9.59 Å². The van der Waals surface area contributed by atoms with Crippen molar-refractivity contribution in [3.05, 3.63) is 11.3 Å². The normalized spacial score (nSPS) is 10.2. The van der Waals surface area contributed by atoms with Gasteiger partial charge in [0.2, 0.25) is 5.91 Å². The second kappa shape index (κ2) is 6.03. The molecular formula is C11H17N3O3. The van der Waals surface area contributed by atoms with Gasteiger partial charge < -0.3 is 10.4 Å². The number of carboxylic acids is 1. The summed E-state index contributed by atoms with van der Waals surface area (Å²) in [6.45, 7) is 3.75. The summed E-state index contributed by atoms with van der Waals surface area (Å²) in [7, 11) is 0. The Hall–Kier alpha value is -1.85. The van der Waals surface area contributed by atoms with Gasteiger partial charge in [-0.3, -0.25) is 14.7 Å². The van der Waals surface area contributed by atoms with Gasteiger partial charge in [0.1, 0.15) is 0 Å². The van der Waals surface area contributed by atoms with E-state index in [2.05, 4.69) is 15.5 Å². The molecule has 0 radical (unpaired) electrons. The minimum Gasteiger partial charge on any atom is -0.481 e. The number of aliphatic carboxylic acids is 1. The largest absolute Gasteiger partial charge is 0.481 e. The smallest absolute Gasteiger partial charge is 0.303 e. The fraction of sp³-hybridized carbons (Fsp3) is 0.545. The van der Waals surface area contributed by atoms with Gasteiger partial charge in [0, 0.05) is 24.1 Å². The van der Waals surface area contributed by atoms with Gasteiger partial charge in [-0.15, -0.1) is 0 Å². The molecule has 94 valence electrons. The number of carboxylic acid groups (broad SMARTS) is 1. The molecule has 0 spiro atoms. The zero-order valence-corrected chi connectivity index (χ0v) is 10.0. The minimum absolute atomic E-state index is 0.105. The van der Waals surface area contributed by atoms with E-state index in [1.807, 2.05) is 13.8 Å². The standard InChI is InChI=1S/C11H17N3O3/c1-7-8(2)13-14-11(7)12-9(15)5-3-4-6-10(16)17/h3-6H2,1-2H3,(H,16,17)(H2,12,13,14,15). The van der Waals surface area contributed by atoms with E-state index in [9.17, 15) is 9.59 Å². The van der Waals surface area contributed by atoms with Crippen molar-refractivity contribution in [2.24, 2.45) is 0 Å². The lowest BCUT2D eigenvalue weighted by Gasteiger charge is -2.02. The van der Waals surface area contributed by atoms with Crippen LogP contribution in [0.2, 0.25) is 0 Å². The van der Waals surface area contributed by atoms with Crippen LogP contribution in [0.5, 0.6) is 0 Å². The molecule has 0 aliphatic heterocycles. The van der Waals surface area contributed by atoms with Crippen LogP contribution >= 0.6 is 0 Å². The Balaban J connectivity index is 2.30. The molecule has 1 aromatic heterocycles. The summed E-state index contributed by atoms with van der Waals surface area (Å²) in [5.41, 5.74) is 1.84. The summed E-state index contributed by atoms with van der Waals surface area (Å²) < 4.78 is 0. The van der Waals surface area contributed by atoms with Gasteiger partial charge in [0.25, 0.3) is 0 Å². The van der Waals surface area contributed by atoms with Gasteiger partial charge in [0.15, 0.2) is 5.82 Å². The van der Waals surface area contributed by atoms with Crippen molar-refractivity contribution < 1.29 is 14.7 Å². The Kier molecular flexibility index (Phi) is 4.68. The van der Waals surface area contributed by atoms with E-state index in [4.69, 9.17) is 5.11 Å². The van der Waals surface area contributed by atoms with E-state index in [1.54, 1.807) is 0 Å². The molecule has 0 aromatic carbocycles. The summed E-state index contributed by atoms with van der Waals surface area (Å²) in [5, 5.41) is 17.9. The Bertz CT molecular complexity index is 412. The third kappa shape index (κ3) is 4.26. The SMILES string of the molecule is Cc1[nH]nc(NC(=O)CCCCC(=O)O)c1C. The van der Waals surface area contributed by atoms with Crippen molar-refractivity contribution in [3.8, 4) is 0 Å². The molecule has 1 heterocycles. The number of hydrogen-bond donors (Lipinski definition) is 3. The van der Waals surface area contributed by atoms with Crippen LogP contribution < -0.4 is 5.32 Å². The van der Waals surface area contributed by atoms with Crippen LogP contribution in [0.25, 0.3) is 0 Å². The highest BCUT2D eigenvalue weighted by Crippen LogP contribution is 2.14. The van der Waals surface area contributed by atoms with Crippen molar-refractivity contribution in [1.29, 1.82) is 0 Å². The van der Waals surface area contributed by atoms with E-state index in [1.165, 1.54) is 0 Å². The van der Waals surface area contributed by atoms with E-state index in [-0.39, 0.29) is 12.3 Å². The molecule has 0 saturated carbocycles. The molecule has 0 atom stereocenters. The third-order valence-corrected chi connectivity index (χ3v) is 2.56. The third-order valence-electron chi connectivity index (χ3n) is 2.56. The lowest BCUT2D eigenvalue weighted by atomic mass is 10.2. The molecule has 6 heteroatoms. The summed E-state index contributed by atoms with van der Waals surface area (Å²) >= 11 is 0. The number of aromatic nitrogens is 2. The van der Waals surface area contributed by atoms with Crippen LogP contribution in [0.3, 0.4) is 0 Å². The molecule has 0 saturated heterocycles. The number of H-pyrrole nitrogens is 1. The number of nitrogens with zero attached hydrogens (tertiary/aromatic N) is 1. The number of amides is 1. The number of nitrogens with one attached hydrogen (secondary N) is 2. The van der Waals surface area contributed by atoms with E-state index < -0.39 is 5.97 Å². The van der Waals surface area contributed by atoms with E-state index >= 15 is 0 Å². The molecule has 0 aliphatic rings. The molecule has 1 rings (SSSR count). The van der Waals surface area contributed by atoms with Crippen LogP contribution in [0.1, 0.15) is 36.9 Å². The number of anilines is 1. The van der Waals surface area contributed by atoms with Crippen LogP contribution in [0, 0.1) is 13.8 Å². The van der Waals surface area contributed by atoms with Crippen molar-refractivity contribution in [2.45, 2.75) is 39.5 Å². The summed E-state index contributed by atoms with van der Waals surface area (Å²) in [5.74, 6) is -0.417. The first-order chi connectivity index (χ1) is 8.00. The second-order valence-electron chi connectivity index (χ2n) is 3.97. The number of unbranched alkanes of at least 4 members (excludes halogenated alkanes) is 1. The molecule has 17 heavy (non-hydrogen) atoms. The number of aryl methyl sites for hydroxylation is 1. The Labute approximate surface area is 99.4 Å². The maximum absolute atomic E-state index is 11.5. The maximum atomic E-state index is 11.5. The first-order valence-corrected chi connectivity index (χ1v) is 5.54. The molecule has 0 aliphatic carbocycles. The van der Waals surface area contributed by atoms with Gasteiger partial charge in [-0.25, -0.2) is 0 Å². The van der Waals surface area contributed by atoms with Crippen molar-refractivity contribution >= 4 is 17.7 Å². The highest BCUT2D eigenvalue weighted by molar-refractivity contribution is 5.90. The first kappa shape index (κ1) is 13.2. The fourth-order valence-electron chi connectivity index (χ4n) is 1.36. The average molecular weight is 239 g/mol. The molecular weight excluding hydrogens is 222 g/mol. The fourth-order valence-corrected chi connectivity index (χ4v) is 1.36. The number of carbonyl (C=O) groups is 2. The minimum atomic E-state index is -0.829. The summed E-state index contributed by atoms with van der Waals surface area (Å²) in [6, 6.07) is 0. The first-order valence-electron chi connectivity index (χ1n) is 5.54. The zero-order chi connectivity index (χ0) is 12.8. The Morgan fingerprint density at radius 1 is 1.29 bits per heavy atom. The Morgan fingerprint density at radius 3 is 2.47 bits per heavy atom. The van der Waals surface area contributed by atoms with Crippen LogP contribution in [-0.4, -0.2) is 27.2 Å². The van der Waals surface area contributed by atoms with Gasteiger partial charge >= 0.3 is 5.97 Å². The van der Waals surface area contributed by atoms with E-state index in [0.29, 0.717) is 25.1 Å². The number of hydrogen-bond acceptors (Lipinski definition) is 3. The molecule has 1 aromatic rings. The lowest BCUT2D eigenvalue weighted by Crippen LogP contribution is -2.12. The van der Waals surface area contributed by atoms with Crippen molar-refractivity contribution in [2.75, 3.05) is 5.32 Å². The molecule has 0 unspecified atom stereocenters. The predicted molar refractivity (Wildman–Crippen MR) is 62.8 cm³/mol. The molecule has 3 N–H and O–H groups in total. The molecule has 0 bridgehead atoms. The van der Waals surface area contributed by atoms with Gasteiger partial charge in [-0.05, 0) is 26.7 Å². The highest BCUT2D eigenvalue weighted by Gasteiger charge is 2.09. The van der Waals surface area contributed by atoms with Crippen molar-refractivity contribution in [1.82, 2.24) is 10.2 Å². The number of aromatic amines is 1. The highest BCUT2D eigenvalue weighted by atomic mass is 16.4. The van der Waals surface area contributed by atoms with Gasteiger partial charge in [-0.2, -0.15) is 5.10 Å². The molecule has 0 fully saturated rings. The van der Waals surface area contributed by atoms with E-state index in [0.717, 1.165) is 11.3 Å². The zero-order valence-electron chi connectivity index (χ0n) is 10.0. The predicted octanol–water partition coefficient (Wildman–Crippen LogP) is 1.61. The summed E-state index contributed by atoms with van der Waals surface area (Å²) in [4.78, 5) is 21.8. The number of carbonyl (C=O) groups excluding carboxylic acids is 1. The quantitative estimate of drug-likeness (QED) is 0.657. The summed E-state index contributed by atoms with van der Waals surface area (Å²) in [6.07, 6.45) is 1.51. The maximum Gasteiger partial charge on any atom is 0.303 e. The number of rotatable bonds is 6. The van der Waals surface area contributed by atoms with Gasteiger partial charge in [-0.1, -0.05) is 0 Å². The molecule has 1 amide bonds. The molecule has 6 nitrogen and oxygen atoms in total. The van der Waals surface area contributed by atoms with Crippen molar-refractivity contribution in [3.63, 3.8) is 0 Å². The topological polar surface area (TPSA) is 95.1 Å². The van der Waals surface area contributed by atoms with Gasteiger partial charge in [0.05, 0.1) is 0 Å². The average Bonchev–Trinajstić information content (AvgIpc) is 2.56. The lowest BCUT2D eigenvalue weighted by molar-refractivity contribution is -0.137. The monoisotopic (exact) mass is 239 g/mol. The van der Waals surface area contributed by atoms with Crippen LogP contribution in [0.4, 0.5) is 5.82 Å².